The molecule has 1 aromatic rings. The third-order valence-corrected chi connectivity index (χ3v) is 4.05. The van der Waals surface area contributed by atoms with Crippen molar-refractivity contribution in [1.29, 1.82) is 0 Å². The highest BCUT2D eigenvalue weighted by molar-refractivity contribution is 7.98. The first-order chi connectivity index (χ1) is 9.93. The number of aryl methyl sites for hydroxylation is 1. The summed E-state index contributed by atoms with van der Waals surface area (Å²) in [5, 5.41) is 16.9. The minimum absolute atomic E-state index is 0.474. The molecule has 120 valence electrons. The van der Waals surface area contributed by atoms with Crippen molar-refractivity contribution in [3.63, 3.8) is 0 Å². The van der Waals surface area contributed by atoms with Gasteiger partial charge in [0.15, 0.2) is 0 Å². The molecule has 0 saturated carbocycles. The van der Waals surface area contributed by atoms with Crippen LogP contribution >= 0.6 is 11.8 Å². The van der Waals surface area contributed by atoms with Crippen molar-refractivity contribution in [2.75, 3.05) is 35.7 Å². The lowest BCUT2D eigenvalue weighted by Crippen LogP contribution is -2.36. The van der Waals surface area contributed by atoms with Crippen LogP contribution in [-0.2, 0) is 6.42 Å². The zero-order valence-electron chi connectivity index (χ0n) is 13.8. The normalized spacial score (nSPS) is 13.8. The van der Waals surface area contributed by atoms with Gasteiger partial charge in [-0.15, -0.1) is 0 Å². The molecule has 0 spiro atoms. The van der Waals surface area contributed by atoms with Gasteiger partial charge >= 0.3 is 0 Å². The van der Waals surface area contributed by atoms with Crippen molar-refractivity contribution in [2.24, 2.45) is 0 Å². The highest BCUT2D eigenvalue weighted by Crippen LogP contribution is 2.21. The van der Waals surface area contributed by atoms with Gasteiger partial charge in [-0.25, -0.2) is 9.97 Å². The summed E-state index contributed by atoms with van der Waals surface area (Å²) in [7, 11) is 0. The molecule has 1 rings (SSSR count). The highest BCUT2D eigenvalue weighted by Gasteiger charge is 2.20. The maximum absolute atomic E-state index is 10.3. The van der Waals surface area contributed by atoms with Crippen LogP contribution in [-0.4, -0.2) is 45.8 Å². The van der Waals surface area contributed by atoms with Crippen LogP contribution in [0.5, 0.6) is 0 Å². The van der Waals surface area contributed by atoms with Crippen molar-refractivity contribution < 1.29 is 5.11 Å². The summed E-state index contributed by atoms with van der Waals surface area (Å²) >= 11 is 1.63. The number of hydrogen-bond acceptors (Lipinski definition) is 6. The van der Waals surface area contributed by atoms with E-state index in [0.29, 0.717) is 12.3 Å². The molecular weight excluding hydrogens is 284 g/mol. The van der Waals surface area contributed by atoms with Crippen LogP contribution < -0.4 is 10.6 Å². The van der Waals surface area contributed by atoms with E-state index in [2.05, 4.69) is 27.5 Å². The van der Waals surface area contributed by atoms with Gasteiger partial charge in [-0.1, -0.05) is 13.8 Å². The molecule has 0 fully saturated rings. The largest absolute Gasteiger partial charge is 0.387 e. The van der Waals surface area contributed by atoms with Gasteiger partial charge in [-0.2, -0.15) is 11.8 Å². The molecule has 6 heteroatoms. The molecule has 0 aliphatic rings. The van der Waals surface area contributed by atoms with E-state index in [-0.39, 0.29) is 0 Å². The minimum Gasteiger partial charge on any atom is -0.387 e. The van der Waals surface area contributed by atoms with Crippen molar-refractivity contribution in [1.82, 2.24) is 9.97 Å². The first-order valence-electron chi connectivity index (χ1n) is 7.50. The van der Waals surface area contributed by atoms with Gasteiger partial charge in [0.2, 0.25) is 0 Å². The Labute approximate surface area is 132 Å². The quantitative estimate of drug-likeness (QED) is 0.651. The van der Waals surface area contributed by atoms with Gasteiger partial charge in [0.1, 0.15) is 17.5 Å². The average Bonchev–Trinajstić information content (AvgIpc) is 2.45. The molecule has 0 aliphatic heterocycles. The van der Waals surface area contributed by atoms with Crippen molar-refractivity contribution >= 4 is 23.4 Å². The molecule has 1 heterocycles. The predicted molar refractivity (Wildman–Crippen MR) is 92.4 cm³/mol. The average molecular weight is 312 g/mol. The van der Waals surface area contributed by atoms with Gasteiger partial charge in [0.25, 0.3) is 0 Å². The van der Waals surface area contributed by atoms with Crippen LogP contribution in [0.25, 0.3) is 0 Å². The second-order valence-corrected chi connectivity index (χ2v) is 6.39. The molecule has 5 nitrogen and oxygen atoms in total. The number of aromatic nitrogens is 2. The van der Waals surface area contributed by atoms with Crippen molar-refractivity contribution in [3.8, 4) is 0 Å². The van der Waals surface area contributed by atoms with Crippen molar-refractivity contribution in [3.05, 3.63) is 11.4 Å². The highest BCUT2D eigenvalue weighted by atomic mass is 32.2. The summed E-state index contributed by atoms with van der Waals surface area (Å²) in [4.78, 5) is 9.08. The standard InChI is InChI=1S/C15H28N4OS/c1-6-8-16-13-11(3)14(19-12(7-2)18-13)17-9-15(4,20)10-21-5/h20H,6-10H2,1-5H3,(H2,16,17,18,19). The monoisotopic (exact) mass is 312 g/mol. The number of nitrogens with zero attached hydrogens (tertiary/aromatic N) is 2. The zero-order valence-corrected chi connectivity index (χ0v) is 14.6. The summed E-state index contributed by atoms with van der Waals surface area (Å²) in [5.41, 5.74) is 0.251. The van der Waals surface area contributed by atoms with Crippen molar-refractivity contribution in [2.45, 2.75) is 46.1 Å². The smallest absolute Gasteiger partial charge is 0.134 e. The Morgan fingerprint density at radius 2 is 1.81 bits per heavy atom. The number of thioether (sulfide) groups is 1. The van der Waals surface area contributed by atoms with E-state index >= 15 is 0 Å². The van der Waals surface area contributed by atoms with E-state index in [1.165, 1.54) is 0 Å². The summed E-state index contributed by atoms with van der Waals surface area (Å²) < 4.78 is 0. The fourth-order valence-corrected chi connectivity index (χ4v) is 2.67. The number of nitrogens with one attached hydrogen (secondary N) is 2. The molecule has 3 N–H and O–H groups in total. The molecule has 0 aliphatic carbocycles. The van der Waals surface area contributed by atoms with Crippen LogP contribution in [0.2, 0.25) is 0 Å². The van der Waals surface area contributed by atoms with Crippen LogP contribution in [0.4, 0.5) is 11.6 Å². The first-order valence-corrected chi connectivity index (χ1v) is 8.89. The Hall–Kier alpha value is -1.01. The maximum atomic E-state index is 10.3. The van der Waals surface area contributed by atoms with Gasteiger partial charge in [-0.3, -0.25) is 0 Å². The molecule has 1 aromatic heterocycles. The fourth-order valence-electron chi connectivity index (χ4n) is 1.94. The maximum Gasteiger partial charge on any atom is 0.134 e. The van der Waals surface area contributed by atoms with E-state index in [4.69, 9.17) is 0 Å². The van der Waals surface area contributed by atoms with Gasteiger partial charge in [-0.05, 0) is 26.5 Å². The Balaban J connectivity index is 2.89. The van der Waals surface area contributed by atoms with Gasteiger partial charge in [0.05, 0.1) is 5.60 Å². The number of anilines is 2. The number of aliphatic hydroxyl groups is 1. The lowest BCUT2D eigenvalue weighted by molar-refractivity contribution is 0.0996. The molecule has 0 aromatic carbocycles. The minimum atomic E-state index is -0.750. The Kier molecular flexibility index (Phi) is 7.25. The van der Waals surface area contributed by atoms with Gasteiger partial charge < -0.3 is 15.7 Å². The Morgan fingerprint density at radius 1 is 1.19 bits per heavy atom. The molecule has 0 bridgehead atoms. The van der Waals surface area contributed by atoms with E-state index in [9.17, 15) is 5.11 Å². The molecule has 0 amide bonds. The van der Waals surface area contributed by atoms with E-state index in [1.54, 1.807) is 11.8 Å². The first kappa shape index (κ1) is 18.0. The Morgan fingerprint density at radius 3 is 2.33 bits per heavy atom. The third kappa shape index (κ3) is 5.71. The molecular formula is C15H28N4OS. The lowest BCUT2D eigenvalue weighted by Gasteiger charge is -2.24. The molecule has 1 atom stereocenters. The fraction of sp³-hybridized carbons (Fsp3) is 0.733. The second kappa shape index (κ2) is 8.44. The second-order valence-electron chi connectivity index (χ2n) is 5.53. The van der Waals surface area contributed by atoms with Crippen LogP contribution in [0.3, 0.4) is 0 Å². The Bertz CT molecular complexity index is 452. The molecule has 1 unspecified atom stereocenters. The SMILES string of the molecule is CCCNc1nc(CC)nc(NCC(C)(O)CSC)c1C. The van der Waals surface area contributed by atoms with E-state index in [0.717, 1.165) is 42.4 Å². The number of hydrogen-bond donors (Lipinski definition) is 3. The summed E-state index contributed by atoms with van der Waals surface area (Å²) in [6, 6.07) is 0. The van der Waals surface area contributed by atoms with Gasteiger partial charge in [0, 0.05) is 30.8 Å². The zero-order chi connectivity index (χ0) is 15.9. The molecule has 0 saturated heterocycles. The molecule has 21 heavy (non-hydrogen) atoms. The van der Waals surface area contributed by atoms with Crippen LogP contribution in [0.15, 0.2) is 0 Å². The predicted octanol–water partition coefficient (Wildman–Crippen LogP) is 2.70. The summed E-state index contributed by atoms with van der Waals surface area (Å²) in [6.07, 6.45) is 3.83. The number of rotatable bonds is 9. The summed E-state index contributed by atoms with van der Waals surface area (Å²) in [6.45, 7) is 9.38. The summed E-state index contributed by atoms with van der Waals surface area (Å²) in [5.74, 6) is 3.19. The lowest BCUT2D eigenvalue weighted by atomic mass is 10.1. The third-order valence-electron chi connectivity index (χ3n) is 3.14. The van der Waals surface area contributed by atoms with E-state index < -0.39 is 5.60 Å². The topological polar surface area (TPSA) is 70.1 Å². The molecule has 0 radical (unpaired) electrons. The van der Waals surface area contributed by atoms with Crippen LogP contribution in [0.1, 0.15) is 38.6 Å². The van der Waals surface area contributed by atoms with E-state index in [1.807, 2.05) is 27.0 Å². The van der Waals surface area contributed by atoms with Crippen LogP contribution in [0, 0.1) is 6.92 Å².